The molecule has 5 nitrogen and oxygen atoms in total. The maximum absolute atomic E-state index is 12.4. The molecule has 0 aliphatic heterocycles. The average molecular weight is 394 g/mol. The number of aryl methyl sites for hydroxylation is 2. The van der Waals surface area contributed by atoms with Gasteiger partial charge in [-0.2, -0.15) is 0 Å². The van der Waals surface area contributed by atoms with Gasteiger partial charge in [0.25, 0.3) is 0 Å². The van der Waals surface area contributed by atoms with E-state index in [-0.39, 0.29) is 17.6 Å². The third-order valence-corrected chi connectivity index (χ3v) is 5.23. The molecule has 1 heterocycles. The summed E-state index contributed by atoms with van der Waals surface area (Å²) in [6, 6.07) is 15.4. The summed E-state index contributed by atoms with van der Waals surface area (Å²) < 4.78 is 0. The van der Waals surface area contributed by atoms with Gasteiger partial charge in [-0.1, -0.05) is 36.4 Å². The molecule has 6 heteroatoms. The lowest BCUT2D eigenvalue weighted by atomic mass is 10.1. The van der Waals surface area contributed by atoms with Crippen molar-refractivity contribution in [1.82, 2.24) is 4.98 Å². The third-order valence-electron chi connectivity index (χ3n) is 4.20. The number of pyridine rings is 1. The van der Waals surface area contributed by atoms with Crippen molar-refractivity contribution in [2.75, 3.05) is 16.4 Å². The predicted octanol–water partition coefficient (Wildman–Crippen LogP) is 4.79. The quantitative estimate of drug-likeness (QED) is 0.591. The SMILES string of the molecule is CCc1cc2cc(C)ccc2nc1SCC(=O)Nc1cccc(NC(C)=O)c1. The van der Waals surface area contributed by atoms with Crippen molar-refractivity contribution in [2.24, 2.45) is 0 Å². The van der Waals surface area contributed by atoms with Crippen molar-refractivity contribution >= 4 is 45.9 Å². The number of anilines is 2. The first-order valence-electron chi connectivity index (χ1n) is 9.15. The van der Waals surface area contributed by atoms with Crippen molar-refractivity contribution in [2.45, 2.75) is 32.2 Å². The molecule has 0 atom stereocenters. The minimum atomic E-state index is -0.149. The van der Waals surface area contributed by atoms with Crippen LogP contribution in [0.25, 0.3) is 10.9 Å². The molecule has 0 bridgehead atoms. The van der Waals surface area contributed by atoms with E-state index in [0.29, 0.717) is 11.4 Å². The molecule has 0 saturated carbocycles. The van der Waals surface area contributed by atoms with E-state index in [9.17, 15) is 9.59 Å². The molecule has 0 aliphatic carbocycles. The number of rotatable bonds is 6. The highest BCUT2D eigenvalue weighted by molar-refractivity contribution is 8.00. The Morgan fingerprint density at radius 2 is 1.79 bits per heavy atom. The van der Waals surface area contributed by atoms with Gasteiger partial charge in [0.05, 0.1) is 11.3 Å². The summed E-state index contributed by atoms with van der Waals surface area (Å²) in [5.74, 6) is 0.00314. The largest absolute Gasteiger partial charge is 0.326 e. The fourth-order valence-corrected chi connectivity index (χ4v) is 3.80. The Morgan fingerprint density at radius 1 is 1.04 bits per heavy atom. The summed E-state index contributed by atoms with van der Waals surface area (Å²) in [4.78, 5) is 28.3. The fraction of sp³-hybridized carbons (Fsp3) is 0.227. The molecule has 0 saturated heterocycles. The van der Waals surface area contributed by atoms with Gasteiger partial charge in [0.1, 0.15) is 5.03 Å². The Balaban J connectivity index is 1.69. The van der Waals surface area contributed by atoms with Gasteiger partial charge in [-0.15, -0.1) is 0 Å². The van der Waals surface area contributed by atoms with E-state index in [1.165, 1.54) is 24.2 Å². The number of amides is 2. The number of nitrogens with one attached hydrogen (secondary N) is 2. The Labute approximate surface area is 168 Å². The van der Waals surface area contributed by atoms with Crippen LogP contribution < -0.4 is 10.6 Å². The molecule has 28 heavy (non-hydrogen) atoms. The molecule has 3 rings (SSSR count). The zero-order chi connectivity index (χ0) is 20.1. The van der Waals surface area contributed by atoms with Gasteiger partial charge in [-0.05, 0) is 55.3 Å². The van der Waals surface area contributed by atoms with Crippen molar-refractivity contribution in [3.8, 4) is 0 Å². The lowest BCUT2D eigenvalue weighted by Crippen LogP contribution is -2.14. The number of carbonyl (C=O) groups is 2. The van der Waals surface area contributed by atoms with E-state index in [1.54, 1.807) is 24.3 Å². The van der Waals surface area contributed by atoms with Crippen molar-refractivity contribution in [3.63, 3.8) is 0 Å². The normalized spacial score (nSPS) is 10.7. The number of aromatic nitrogens is 1. The highest BCUT2D eigenvalue weighted by Crippen LogP contribution is 2.26. The minimum absolute atomic E-state index is 0.113. The van der Waals surface area contributed by atoms with Crippen molar-refractivity contribution in [3.05, 3.63) is 59.7 Å². The van der Waals surface area contributed by atoms with Crippen LogP contribution in [0.2, 0.25) is 0 Å². The molecule has 0 spiro atoms. The Morgan fingerprint density at radius 3 is 2.50 bits per heavy atom. The molecule has 2 aromatic carbocycles. The average Bonchev–Trinajstić information content (AvgIpc) is 2.65. The van der Waals surface area contributed by atoms with Crippen LogP contribution in [0.5, 0.6) is 0 Å². The molecule has 144 valence electrons. The smallest absolute Gasteiger partial charge is 0.234 e. The number of carbonyl (C=O) groups excluding carboxylic acids is 2. The van der Waals surface area contributed by atoms with E-state index in [0.717, 1.165) is 27.9 Å². The number of hydrogen-bond donors (Lipinski definition) is 2. The maximum Gasteiger partial charge on any atom is 0.234 e. The first-order chi connectivity index (χ1) is 13.4. The number of nitrogens with zero attached hydrogens (tertiary/aromatic N) is 1. The molecule has 0 radical (unpaired) electrons. The molecule has 2 N–H and O–H groups in total. The second-order valence-corrected chi connectivity index (χ2v) is 7.57. The Kier molecular flexibility index (Phi) is 6.31. The van der Waals surface area contributed by atoms with Gasteiger partial charge in [0.2, 0.25) is 11.8 Å². The Hall–Kier alpha value is -2.86. The van der Waals surface area contributed by atoms with Crippen molar-refractivity contribution in [1.29, 1.82) is 0 Å². The molecule has 2 amide bonds. The van der Waals surface area contributed by atoms with E-state index >= 15 is 0 Å². The van der Waals surface area contributed by atoms with Gasteiger partial charge in [-0.3, -0.25) is 9.59 Å². The zero-order valence-corrected chi connectivity index (χ0v) is 17.0. The molecule has 0 fully saturated rings. The summed E-state index contributed by atoms with van der Waals surface area (Å²) in [7, 11) is 0. The summed E-state index contributed by atoms with van der Waals surface area (Å²) in [6.45, 7) is 5.61. The van der Waals surface area contributed by atoms with Crippen LogP contribution in [0, 0.1) is 6.92 Å². The molecular weight excluding hydrogens is 370 g/mol. The van der Waals surface area contributed by atoms with Gasteiger partial charge in [-0.25, -0.2) is 4.98 Å². The van der Waals surface area contributed by atoms with E-state index < -0.39 is 0 Å². The highest BCUT2D eigenvalue weighted by Gasteiger charge is 2.10. The second kappa shape index (κ2) is 8.89. The van der Waals surface area contributed by atoms with Gasteiger partial charge >= 0.3 is 0 Å². The topological polar surface area (TPSA) is 71.1 Å². The van der Waals surface area contributed by atoms with E-state index in [2.05, 4.69) is 36.6 Å². The molecular formula is C22H23N3O2S. The van der Waals surface area contributed by atoms with Crippen LogP contribution in [-0.4, -0.2) is 22.6 Å². The predicted molar refractivity (Wildman–Crippen MR) is 116 cm³/mol. The summed E-state index contributed by atoms with van der Waals surface area (Å²) in [5, 5.41) is 7.59. The van der Waals surface area contributed by atoms with Crippen LogP contribution in [0.3, 0.4) is 0 Å². The van der Waals surface area contributed by atoms with Crippen LogP contribution in [-0.2, 0) is 16.0 Å². The lowest BCUT2D eigenvalue weighted by molar-refractivity contribution is -0.114. The van der Waals surface area contributed by atoms with E-state index in [1.807, 2.05) is 12.1 Å². The number of fused-ring (bicyclic) bond motifs is 1. The van der Waals surface area contributed by atoms with Crippen LogP contribution in [0.15, 0.2) is 53.6 Å². The highest BCUT2D eigenvalue weighted by atomic mass is 32.2. The first kappa shape index (κ1) is 19.9. The number of benzene rings is 2. The van der Waals surface area contributed by atoms with Gasteiger partial charge < -0.3 is 10.6 Å². The molecule has 1 aromatic heterocycles. The molecule has 0 unspecified atom stereocenters. The maximum atomic E-state index is 12.4. The number of hydrogen-bond acceptors (Lipinski definition) is 4. The number of thioether (sulfide) groups is 1. The Bertz CT molecular complexity index is 1030. The van der Waals surface area contributed by atoms with Gasteiger partial charge in [0, 0.05) is 23.7 Å². The standard InChI is InChI=1S/C22H23N3O2S/c1-4-16-11-17-10-14(2)8-9-20(17)25-22(16)28-13-21(27)24-19-7-5-6-18(12-19)23-15(3)26/h5-12H,4,13H2,1-3H3,(H,23,26)(H,24,27). The zero-order valence-electron chi connectivity index (χ0n) is 16.2. The van der Waals surface area contributed by atoms with Crippen LogP contribution >= 0.6 is 11.8 Å². The minimum Gasteiger partial charge on any atom is -0.326 e. The first-order valence-corrected chi connectivity index (χ1v) is 10.1. The van der Waals surface area contributed by atoms with Crippen LogP contribution in [0.4, 0.5) is 11.4 Å². The van der Waals surface area contributed by atoms with Crippen molar-refractivity contribution < 1.29 is 9.59 Å². The lowest BCUT2D eigenvalue weighted by Gasteiger charge is -2.10. The van der Waals surface area contributed by atoms with E-state index in [4.69, 9.17) is 4.98 Å². The monoisotopic (exact) mass is 393 g/mol. The molecule has 3 aromatic rings. The summed E-state index contributed by atoms with van der Waals surface area (Å²) in [6.07, 6.45) is 0.861. The third kappa shape index (κ3) is 5.10. The van der Waals surface area contributed by atoms with Crippen LogP contribution in [0.1, 0.15) is 25.0 Å². The fourth-order valence-electron chi connectivity index (χ4n) is 2.91. The molecule has 0 aliphatic rings. The second-order valence-electron chi connectivity index (χ2n) is 6.60. The van der Waals surface area contributed by atoms with Gasteiger partial charge in [0.15, 0.2) is 0 Å². The summed E-state index contributed by atoms with van der Waals surface area (Å²) >= 11 is 1.44. The summed E-state index contributed by atoms with van der Waals surface area (Å²) in [5.41, 5.74) is 4.59.